The largest absolute Gasteiger partial charge is 0.493 e. The van der Waals surface area contributed by atoms with Gasteiger partial charge in [-0.15, -0.1) is 0 Å². The summed E-state index contributed by atoms with van der Waals surface area (Å²) >= 11 is 0. The Morgan fingerprint density at radius 3 is 2.65 bits per heavy atom. The Labute approximate surface area is 281 Å². The van der Waals surface area contributed by atoms with Gasteiger partial charge in [-0.1, -0.05) is 6.92 Å². The Morgan fingerprint density at radius 1 is 1.06 bits per heavy atom. The summed E-state index contributed by atoms with van der Waals surface area (Å²) in [5.74, 6) is 1.17. The molecule has 48 heavy (non-hydrogen) atoms. The van der Waals surface area contributed by atoms with Crippen molar-refractivity contribution in [1.29, 1.82) is 0 Å². The second kappa shape index (κ2) is 13.5. The Morgan fingerprint density at radius 2 is 1.85 bits per heavy atom. The molecule has 3 aliphatic heterocycles. The van der Waals surface area contributed by atoms with Crippen molar-refractivity contribution in [3.05, 3.63) is 60.0 Å². The lowest BCUT2D eigenvalue weighted by Gasteiger charge is -2.47. The zero-order chi connectivity index (χ0) is 33.3. The lowest BCUT2D eigenvalue weighted by atomic mass is 9.71. The standard InChI is InChI=1S/C37H46N8O3/c1-25-4-3-19-48-33-7-13-39-23-29(33)31-21-27(20-26(2)40-31)35(47)42-36-41-30-6-5-28(22-32(30)45(36)24-25)44-17-11-37(12-18-44)9-15-43(16-10-37)14-8-34(38)46/h5-7,13,20-23,25H,3-4,8-12,14-19,24H2,1-2H3,(H2,38,46)(H,41,42,47)/t25-/m1/s1. The van der Waals surface area contributed by atoms with Crippen LogP contribution >= 0.6 is 0 Å². The van der Waals surface area contributed by atoms with Crippen LogP contribution in [-0.4, -0.2) is 75.6 Å². The Kier molecular flexibility index (Phi) is 9.04. The van der Waals surface area contributed by atoms with Gasteiger partial charge in [0.2, 0.25) is 11.9 Å². The molecule has 1 atom stereocenters. The van der Waals surface area contributed by atoms with E-state index in [1.165, 1.54) is 31.4 Å². The molecule has 0 aliphatic carbocycles. The number of carbonyl (C=O) groups excluding carboxylic acids is 2. The van der Waals surface area contributed by atoms with Gasteiger partial charge < -0.3 is 24.8 Å². The number of nitrogens with two attached hydrogens (primary N) is 1. The van der Waals surface area contributed by atoms with Crippen molar-refractivity contribution in [3.8, 4) is 17.0 Å². The maximum atomic E-state index is 13.8. The second-order valence-corrected chi connectivity index (χ2v) is 14.1. The fourth-order valence-corrected chi connectivity index (χ4v) is 7.67. The first kappa shape index (κ1) is 32.1. The molecule has 11 heteroatoms. The molecule has 7 rings (SSSR count). The van der Waals surface area contributed by atoms with Crippen molar-refractivity contribution in [2.45, 2.75) is 65.3 Å². The number of fused-ring (bicyclic) bond motifs is 7. The third kappa shape index (κ3) is 6.87. The average molecular weight is 651 g/mol. The number of nitrogens with one attached hydrogen (secondary N) is 1. The van der Waals surface area contributed by atoms with Gasteiger partial charge in [0.05, 0.1) is 28.9 Å². The molecule has 2 fully saturated rings. The number of primary amides is 1. The summed E-state index contributed by atoms with van der Waals surface area (Å²) < 4.78 is 8.41. The van der Waals surface area contributed by atoms with Crippen LogP contribution < -0.4 is 20.7 Å². The topological polar surface area (TPSA) is 132 Å². The van der Waals surface area contributed by atoms with Crippen LogP contribution in [0.1, 0.15) is 67.9 Å². The van der Waals surface area contributed by atoms with E-state index in [1.807, 2.05) is 13.0 Å². The highest BCUT2D eigenvalue weighted by atomic mass is 16.5. The predicted molar refractivity (Wildman–Crippen MR) is 187 cm³/mol. The zero-order valence-corrected chi connectivity index (χ0v) is 28.1. The Hall–Kier alpha value is -4.51. The number of aryl methyl sites for hydroxylation is 1. The first-order valence-electron chi connectivity index (χ1n) is 17.4. The number of rotatable bonds is 4. The summed E-state index contributed by atoms with van der Waals surface area (Å²) in [6, 6.07) is 12.0. The molecule has 2 bridgehead atoms. The number of nitrogens with zero attached hydrogens (tertiary/aromatic N) is 6. The van der Waals surface area contributed by atoms with E-state index in [4.69, 9.17) is 20.4 Å². The number of ether oxygens (including phenoxy) is 1. The number of piperidine rings is 2. The van der Waals surface area contributed by atoms with Crippen LogP contribution in [0.15, 0.2) is 48.8 Å². The number of aromatic nitrogens is 4. The molecule has 3 aliphatic rings. The third-order valence-electron chi connectivity index (χ3n) is 10.6. The molecule has 1 aromatic carbocycles. The van der Waals surface area contributed by atoms with Crippen LogP contribution in [0.3, 0.4) is 0 Å². The van der Waals surface area contributed by atoms with Gasteiger partial charge in [-0.2, -0.15) is 0 Å². The van der Waals surface area contributed by atoms with Gasteiger partial charge >= 0.3 is 0 Å². The number of amides is 2. The molecule has 3 aromatic heterocycles. The SMILES string of the molecule is Cc1cc2cc(n1)-c1cnccc1OCCC[C@@H](C)Cn1c(nc3ccc(N4CCC5(CCN(CCC(N)=O)CC5)CC4)cc31)NC2=O. The molecule has 1 spiro atoms. The van der Waals surface area contributed by atoms with E-state index in [2.05, 4.69) is 49.8 Å². The van der Waals surface area contributed by atoms with Crippen LogP contribution in [0.2, 0.25) is 0 Å². The number of likely N-dealkylation sites (tertiary alicyclic amines) is 1. The van der Waals surface area contributed by atoms with Gasteiger partial charge in [0.15, 0.2) is 0 Å². The first-order chi connectivity index (χ1) is 23.2. The van der Waals surface area contributed by atoms with Crippen molar-refractivity contribution in [2.75, 3.05) is 49.5 Å². The molecule has 0 radical (unpaired) electrons. The van der Waals surface area contributed by atoms with Crippen molar-refractivity contribution in [1.82, 2.24) is 24.4 Å². The number of hydrogen-bond donors (Lipinski definition) is 2. The lowest BCUT2D eigenvalue weighted by molar-refractivity contribution is -0.118. The van der Waals surface area contributed by atoms with E-state index in [1.54, 1.807) is 24.5 Å². The fraction of sp³-hybridized carbons (Fsp3) is 0.486. The van der Waals surface area contributed by atoms with Crippen molar-refractivity contribution in [3.63, 3.8) is 0 Å². The smallest absolute Gasteiger partial charge is 0.258 e. The van der Waals surface area contributed by atoms with Gasteiger partial charge in [0.25, 0.3) is 5.91 Å². The van der Waals surface area contributed by atoms with E-state index in [-0.39, 0.29) is 11.8 Å². The highest BCUT2D eigenvalue weighted by Crippen LogP contribution is 2.42. The Balaban J connectivity index is 1.13. The van der Waals surface area contributed by atoms with Crippen molar-refractivity contribution >= 4 is 34.5 Å². The highest BCUT2D eigenvalue weighted by molar-refractivity contribution is 6.05. The van der Waals surface area contributed by atoms with Crippen LogP contribution in [-0.2, 0) is 11.3 Å². The maximum Gasteiger partial charge on any atom is 0.258 e. The summed E-state index contributed by atoms with van der Waals surface area (Å²) in [6.45, 7) is 10.3. The first-order valence-corrected chi connectivity index (χ1v) is 17.4. The van der Waals surface area contributed by atoms with E-state index >= 15 is 0 Å². The Bertz CT molecular complexity index is 1800. The minimum Gasteiger partial charge on any atom is -0.493 e. The van der Waals surface area contributed by atoms with Crippen LogP contribution in [0.5, 0.6) is 5.75 Å². The number of pyridine rings is 2. The molecule has 252 valence electrons. The molecule has 11 nitrogen and oxygen atoms in total. The van der Waals surface area contributed by atoms with Gasteiger partial charge in [0.1, 0.15) is 5.75 Å². The monoisotopic (exact) mass is 650 g/mol. The quantitative estimate of drug-likeness (QED) is 0.299. The van der Waals surface area contributed by atoms with Crippen LogP contribution in [0.4, 0.5) is 11.6 Å². The molecular weight excluding hydrogens is 604 g/mol. The summed E-state index contributed by atoms with van der Waals surface area (Å²) in [6.07, 6.45) is 10.5. The number of hydrogen-bond acceptors (Lipinski definition) is 8. The lowest BCUT2D eigenvalue weighted by Crippen LogP contribution is -2.47. The van der Waals surface area contributed by atoms with E-state index < -0.39 is 0 Å². The van der Waals surface area contributed by atoms with Crippen LogP contribution in [0, 0.1) is 18.3 Å². The molecule has 2 amide bonds. The number of carbonyl (C=O) groups is 2. The van der Waals surface area contributed by atoms with Gasteiger partial charge in [-0.3, -0.25) is 24.9 Å². The maximum absolute atomic E-state index is 13.8. The minimum absolute atomic E-state index is 0.220. The number of anilines is 2. The molecule has 6 heterocycles. The van der Waals surface area contributed by atoms with Crippen LogP contribution in [0.25, 0.3) is 22.3 Å². The van der Waals surface area contributed by atoms with Gasteiger partial charge in [-0.25, -0.2) is 4.98 Å². The highest BCUT2D eigenvalue weighted by Gasteiger charge is 2.37. The fourth-order valence-electron chi connectivity index (χ4n) is 7.67. The molecule has 3 N–H and O–H groups in total. The van der Waals surface area contributed by atoms with E-state index in [9.17, 15) is 9.59 Å². The normalized spacial score (nSPS) is 20.2. The van der Waals surface area contributed by atoms with E-state index in [0.717, 1.165) is 80.2 Å². The third-order valence-corrected chi connectivity index (χ3v) is 10.6. The summed E-state index contributed by atoms with van der Waals surface area (Å²) in [5.41, 5.74) is 11.5. The van der Waals surface area contributed by atoms with Crippen molar-refractivity contribution in [2.24, 2.45) is 17.1 Å². The summed E-state index contributed by atoms with van der Waals surface area (Å²) in [4.78, 5) is 43.9. The molecular formula is C37H46N8O3. The predicted octanol–water partition coefficient (Wildman–Crippen LogP) is 5.42. The molecule has 2 saturated heterocycles. The molecule has 4 aromatic rings. The summed E-state index contributed by atoms with van der Waals surface area (Å²) in [7, 11) is 0. The summed E-state index contributed by atoms with van der Waals surface area (Å²) in [5, 5.41) is 3.15. The minimum atomic E-state index is -0.227. The molecule has 0 saturated carbocycles. The van der Waals surface area contributed by atoms with Gasteiger partial charge in [0, 0.05) is 61.9 Å². The molecule has 0 unspecified atom stereocenters. The average Bonchev–Trinajstić information content (AvgIpc) is 3.41. The van der Waals surface area contributed by atoms with Gasteiger partial charge in [-0.05, 0) is 106 Å². The second-order valence-electron chi connectivity index (χ2n) is 14.1. The number of benzene rings is 1. The van der Waals surface area contributed by atoms with Crippen molar-refractivity contribution < 1.29 is 14.3 Å². The number of imidazole rings is 1. The zero-order valence-electron chi connectivity index (χ0n) is 28.1. The van der Waals surface area contributed by atoms with E-state index in [0.29, 0.717) is 41.6 Å².